The van der Waals surface area contributed by atoms with Gasteiger partial charge in [-0.25, -0.2) is 9.07 Å². The van der Waals surface area contributed by atoms with Crippen molar-refractivity contribution in [2.45, 2.75) is 19.3 Å². The third-order valence-electron chi connectivity index (χ3n) is 4.66. The first-order valence-electron chi connectivity index (χ1n) is 8.91. The van der Waals surface area contributed by atoms with Crippen LogP contribution in [0.4, 0.5) is 10.1 Å². The number of fused-ring (bicyclic) bond motifs is 1. The van der Waals surface area contributed by atoms with Crippen LogP contribution < -0.4 is 14.8 Å². The summed E-state index contributed by atoms with van der Waals surface area (Å²) in [6, 6.07) is 11.2. The number of methoxy groups -OCH3 is 2. The number of benzene rings is 2. The Morgan fingerprint density at radius 2 is 1.86 bits per heavy atom. The molecule has 0 bridgehead atoms. The van der Waals surface area contributed by atoms with Crippen molar-refractivity contribution in [3.05, 3.63) is 65.2 Å². The highest BCUT2D eigenvalue weighted by molar-refractivity contribution is 6.03. The molecule has 9 heteroatoms. The molecule has 1 aromatic heterocycles. The quantitative estimate of drug-likeness (QED) is 0.711. The van der Waals surface area contributed by atoms with E-state index in [1.165, 1.54) is 26.4 Å². The monoisotopic (exact) mass is 398 g/mol. The smallest absolute Gasteiger partial charge is 0.278 e. The number of carbonyl (C=O) groups excluding carboxylic acids is 1. The number of carbonyl (C=O) groups is 1. The van der Waals surface area contributed by atoms with E-state index < -0.39 is 5.91 Å². The third-order valence-corrected chi connectivity index (χ3v) is 4.66. The van der Waals surface area contributed by atoms with Gasteiger partial charge < -0.3 is 19.5 Å². The summed E-state index contributed by atoms with van der Waals surface area (Å²) in [5.41, 5.74) is 2.11. The molecule has 1 aliphatic heterocycles. The maximum atomic E-state index is 13.1. The zero-order valence-corrected chi connectivity index (χ0v) is 15.9. The van der Waals surface area contributed by atoms with Gasteiger partial charge in [-0.1, -0.05) is 17.3 Å². The molecule has 4 rings (SSSR count). The van der Waals surface area contributed by atoms with Gasteiger partial charge >= 0.3 is 0 Å². The van der Waals surface area contributed by atoms with Crippen LogP contribution in [0.1, 0.15) is 27.8 Å². The zero-order valence-electron chi connectivity index (χ0n) is 15.9. The fourth-order valence-corrected chi connectivity index (χ4v) is 3.14. The molecule has 1 amide bonds. The molecule has 29 heavy (non-hydrogen) atoms. The van der Waals surface area contributed by atoms with Gasteiger partial charge in [0, 0.05) is 23.9 Å². The van der Waals surface area contributed by atoms with Gasteiger partial charge in [-0.3, -0.25) is 4.79 Å². The first kappa shape index (κ1) is 18.9. The van der Waals surface area contributed by atoms with E-state index in [2.05, 4.69) is 15.6 Å². The maximum absolute atomic E-state index is 13.1. The Morgan fingerprint density at radius 1 is 1.17 bits per heavy atom. The highest BCUT2D eigenvalue weighted by Gasteiger charge is 2.28. The number of hydrogen-bond acceptors (Lipinski definition) is 6. The van der Waals surface area contributed by atoms with Gasteiger partial charge in [0.2, 0.25) is 0 Å². The lowest BCUT2D eigenvalue weighted by Gasteiger charge is -2.24. The van der Waals surface area contributed by atoms with Crippen molar-refractivity contribution < 1.29 is 23.4 Å². The van der Waals surface area contributed by atoms with Gasteiger partial charge in [0.25, 0.3) is 5.91 Å². The lowest BCUT2D eigenvalue weighted by atomic mass is 10.1. The van der Waals surface area contributed by atoms with Crippen molar-refractivity contribution in [1.82, 2.24) is 15.0 Å². The van der Waals surface area contributed by atoms with Crippen LogP contribution in [-0.2, 0) is 17.9 Å². The van der Waals surface area contributed by atoms with Gasteiger partial charge in [0.1, 0.15) is 23.4 Å². The lowest BCUT2D eigenvalue weighted by molar-refractivity contribution is -0.00174. The molecule has 150 valence electrons. The summed E-state index contributed by atoms with van der Waals surface area (Å²) in [4.78, 5) is 12.7. The Bertz CT molecular complexity index is 1010. The number of hydrogen-bond donors (Lipinski definition) is 1. The molecule has 1 unspecified atom stereocenters. The van der Waals surface area contributed by atoms with Crippen molar-refractivity contribution >= 4 is 11.6 Å². The topological polar surface area (TPSA) is 87.5 Å². The van der Waals surface area contributed by atoms with Crippen LogP contribution in [0.15, 0.2) is 42.5 Å². The molecule has 8 nitrogen and oxygen atoms in total. The second-order valence-electron chi connectivity index (χ2n) is 6.47. The molecule has 0 fully saturated rings. The standard InChI is InChI=1S/C20H19FN4O4/c1-27-15-7-14(8-16(9-15)28-2)22-20(26)19-17-11-29-18(10-25(17)24-23-19)12-3-5-13(21)6-4-12/h3-9,18H,10-11H2,1-2H3,(H,22,26). The first-order chi connectivity index (χ1) is 14.1. The lowest BCUT2D eigenvalue weighted by Crippen LogP contribution is -2.24. The predicted octanol–water partition coefficient (Wildman–Crippen LogP) is 2.96. The molecule has 0 radical (unpaired) electrons. The fraction of sp³-hybridized carbons (Fsp3) is 0.250. The van der Waals surface area contributed by atoms with E-state index in [0.717, 1.165) is 5.56 Å². The molecule has 0 aliphatic carbocycles. The summed E-state index contributed by atoms with van der Waals surface area (Å²) in [5.74, 6) is 0.384. The van der Waals surface area contributed by atoms with Gasteiger partial charge in [0.15, 0.2) is 5.69 Å². The Balaban J connectivity index is 1.52. The Hall–Kier alpha value is -3.46. The molecular weight excluding hydrogens is 379 g/mol. The van der Waals surface area contributed by atoms with Gasteiger partial charge in [0.05, 0.1) is 33.1 Å². The fourth-order valence-electron chi connectivity index (χ4n) is 3.14. The SMILES string of the molecule is COc1cc(NC(=O)c2nnn3c2COC(c2ccc(F)cc2)C3)cc(OC)c1. The molecule has 2 aromatic carbocycles. The van der Waals surface area contributed by atoms with E-state index in [0.29, 0.717) is 29.4 Å². The minimum absolute atomic E-state index is 0.166. The van der Waals surface area contributed by atoms with Crippen molar-refractivity contribution in [3.63, 3.8) is 0 Å². The van der Waals surface area contributed by atoms with E-state index in [-0.39, 0.29) is 24.2 Å². The van der Waals surface area contributed by atoms with Crippen LogP contribution in [0, 0.1) is 5.82 Å². The minimum atomic E-state index is -0.412. The van der Waals surface area contributed by atoms with Crippen molar-refractivity contribution in [2.24, 2.45) is 0 Å². The molecule has 2 heterocycles. The van der Waals surface area contributed by atoms with Crippen LogP contribution in [0.2, 0.25) is 0 Å². The predicted molar refractivity (Wildman–Crippen MR) is 101 cm³/mol. The maximum Gasteiger partial charge on any atom is 0.278 e. The molecule has 1 atom stereocenters. The summed E-state index contributed by atoms with van der Waals surface area (Å²) >= 11 is 0. The number of nitrogens with zero attached hydrogens (tertiary/aromatic N) is 3. The van der Waals surface area contributed by atoms with Crippen molar-refractivity contribution in [2.75, 3.05) is 19.5 Å². The molecule has 0 spiro atoms. The second kappa shape index (κ2) is 7.88. The summed E-state index contributed by atoms with van der Waals surface area (Å²) in [7, 11) is 3.07. The second-order valence-corrected chi connectivity index (χ2v) is 6.47. The number of rotatable bonds is 5. The van der Waals surface area contributed by atoms with Crippen LogP contribution >= 0.6 is 0 Å². The van der Waals surface area contributed by atoms with Crippen LogP contribution in [0.5, 0.6) is 11.5 Å². The largest absolute Gasteiger partial charge is 0.497 e. The molecule has 0 saturated carbocycles. The van der Waals surface area contributed by atoms with E-state index in [1.807, 2.05) is 0 Å². The number of ether oxygens (including phenoxy) is 3. The number of anilines is 1. The Morgan fingerprint density at radius 3 is 2.52 bits per heavy atom. The van der Waals surface area contributed by atoms with Crippen molar-refractivity contribution in [3.8, 4) is 11.5 Å². The molecule has 1 aliphatic rings. The summed E-state index contributed by atoms with van der Waals surface area (Å²) in [6.45, 7) is 0.549. The number of amides is 1. The van der Waals surface area contributed by atoms with E-state index in [4.69, 9.17) is 14.2 Å². The minimum Gasteiger partial charge on any atom is -0.497 e. The normalized spacial score (nSPS) is 15.5. The van der Waals surface area contributed by atoms with Gasteiger partial charge in [-0.15, -0.1) is 5.10 Å². The highest BCUT2D eigenvalue weighted by atomic mass is 19.1. The molecule has 1 N–H and O–H groups in total. The third kappa shape index (κ3) is 3.90. The molecule has 3 aromatic rings. The van der Waals surface area contributed by atoms with Gasteiger partial charge in [-0.05, 0) is 17.7 Å². The van der Waals surface area contributed by atoms with E-state index >= 15 is 0 Å². The Labute approximate surface area is 166 Å². The zero-order chi connectivity index (χ0) is 20.4. The van der Waals surface area contributed by atoms with Crippen LogP contribution in [0.3, 0.4) is 0 Å². The summed E-state index contributed by atoms with van der Waals surface area (Å²) in [6.07, 6.45) is -0.289. The van der Waals surface area contributed by atoms with E-state index in [1.54, 1.807) is 35.0 Å². The van der Waals surface area contributed by atoms with Crippen LogP contribution in [0.25, 0.3) is 0 Å². The number of nitrogens with one attached hydrogen (secondary N) is 1. The average Bonchev–Trinajstić information content (AvgIpc) is 3.17. The van der Waals surface area contributed by atoms with Crippen LogP contribution in [-0.4, -0.2) is 35.1 Å². The molecule has 0 saturated heterocycles. The highest BCUT2D eigenvalue weighted by Crippen LogP contribution is 2.29. The summed E-state index contributed by atoms with van der Waals surface area (Å²) < 4.78 is 31.1. The average molecular weight is 398 g/mol. The van der Waals surface area contributed by atoms with Crippen molar-refractivity contribution in [1.29, 1.82) is 0 Å². The number of aromatic nitrogens is 3. The van der Waals surface area contributed by atoms with E-state index in [9.17, 15) is 9.18 Å². The Kier molecular flexibility index (Phi) is 5.13. The first-order valence-corrected chi connectivity index (χ1v) is 8.91. The number of halogens is 1. The molecular formula is C20H19FN4O4. The van der Waals surface area contributed by atoms with Gasteiger partial charge in [-0.2, -0.15) is 0 Å². The summed E-state index contributed by atoms with van der Waals surface area (Å²) in [5, 5.41) is 10.9.